The molecule has 0 aliphatic carbocycles. The topological polar surface area (TPSA) is 45.0 Å². The Labute approximate surface area is 120 Å². The van der Waals surface area contributed by atoms with Crippen LogP contribution in [0.3, 0.4) is 0 Å². The molecule has 1 atom stereocenters. The van der Waals surface area contributed by atoms with Crippen molar-refractivity contribution in [2.24, 2.45) is 0 Å². The number of nitrogens with one attached hydrogen (secondary N) is 1. The first-order chi connectivity index (χ1) is 9.21. The van der Waals surface area contributed by atoms with Crippen LogP contribution in [-0.4, -0.2) is 24.7 Å². The normalized spacial score (nSPS) is 11.9. The second kappa shape index (κ2) is 8.84. The van der Waals surface area contributed by atoms with E-state index in [0.717, 1.165) is 24.3 Å². The molecule has 0 aliphatic rings. The van der Waals surface area contributed by atoms with Crippen LogP contribution in [0.4, 0.5) is 0 Å². The molecule has 1 unspecified atom stereocenters. The lowest BCUT2D eigenvalue weighted by Gasteiger charge is -2.15. The molecule has 0 radical (unpaired) electrons. The first-order valence-electron chi connectivity index (χ1n) is 6.59. The SMILES string of the molecule is CCSCCC(C)NCc1cc(C#N)ccc1OC. The summed E-state index contributed by atoms with van der Waals surface area (Å²) in [5, 5.41) is 12.4. The van der Waals surface area contributed by atoms with Crippen LogP contribution in [0.1, 0.15) is 31.4 Å². The minimum Gasteiger partial charge on any atom is -0.496 e. The van der Waals surface area contributed by atoms with E-state index in [1.807, 2.05) is 23.9 Å². The van der Waals surface area contributed by atoms with Gasteiger partial charge in [-0.25, -0.2) is 0 Å². The minimum absolute atomic E-state index is 0.467. The molecule has 1 aromatic carbocycles. The molecule has 0 amide bonds. The molecule has 1 N–H and O–H groups in total. The molecule has 0 fully saturated rings. The third-order valence-corrected chi connectivity index (χ3v) is 3.88. The quantitative estimate of drug-likeness (QED) is 0.742. The summed E-state index contributed by atoms with van der Waals surface area (Å²) in [6.45, 7) is 5.11. The summed E-state index contributed by atoms with van der Waals surface area (Å²) in [6.07, 6.45) is 1.15. The van der Waals surface area contributed by atoms with E-state index in [2.05, 4.69) is 25.2 Å². The maximum absolute atomic E-state index is 8.93. The summed E-state index contributed by atoms with van der Waals surface area (Å²) in [7, 11) is 1.66. The second-order valence-corrected chi connectivity index (χ2v) is 5.80. The third-order valence-electron chi connectivity index (χ3n) is 2.95. The molecule has 0 spiro atoms. The van der Waals surface area contributed by atoms with Crippen LogP contribution in [-0.2, 0) is 6.54 Å². The van der Waals surface area contributed by atoms with Gasteiger partial charge in [-0.1, -0.05) is 6.92 Å². The molecule has 0 saturated carbocycles. The fourth-order valence-electron chi connectivity index (χ4n) is 1.78. The van der Waals surface area contributed by atoms with Crippen molar-refractivity contribution in [3.63, 3.8) is 0 Å². The van der Waals surface area contributed by atoms with E-state index in [1.165, 1.54) is 11.5 Å². The number of nitrogens with zero attached hydrogens (tertiary/aromatic N) is 1. The van der Waals surface area contributed by atoms with E-state index in [0.29, 0.717) is 11.6 Å². The van der Waals surface area contributed by atoms with Crippen molar-refractivity contribution < 1.29 is 4.74 Å². The number of methoxy groups -OCH3 is 1. The Morgan fingerprint density at radius 2 is 2.26 bits per heavy atom. The first-order valence-corrected chi connectivity index (χ1v) is 7.74. The molecule has 3 nitrogen and oxygen atoms in total. The van der Waals surface area contributed by atoms with Crippen LogP contribution in [0.15, 0.2) is 18.2 Å². The van der Waals surface area contributed by atoms with Crippen molar-refractivity contribution >= 4 is 11.8 Å². The summed E-state index contributed by atoms with van der Waals surface area (Å²) in [5.74, 6) is 3.19. The number of nitriles is 1. The molecule has 0 aliphatic heterocycles. The predicted molar refractivity (Wildman–Crippen MR) is 81.6 cm³/mol. The zero-order valence-corrected chi connectivity index (χ0v) is 12.7. The Hall–Kier alpha value is -1.18. The molecule has 0 aromatic heterocycles. The van der Waals surface area contributed by atoms with Gasteiger partial charge in [0.2, 0.25) is 0 Å². The van der Waals surface area contributed by atoms with E-state index in [-0.39, 0.29) is 0 Å². The average molecular weight is 278 g/mol. The maximum atomic E-state index is 8.93. The van der Waals surface area contributed by atoms with Crippen molar-refractivity contribution in [3.05, 3.63) is 29.3 Å². The van der Waals surface area contributed by atoms with Gasteiger partial charge in [0.15, 0.2) is 0 Å². The molecule has 0 heterocycles. The van der Waals surface area contributed by atoms with Gasteiger partial charge in [0.25, 0.3) is 0 Å². The van der Waals surface area contributed by atoms with E-state index in [4.69, 9.17) is 10.00 Å². The highest BCUT2D eigenvalue weighted by atomic mass is 32.2. The molecule has 0 saturated heterocycles. The summed E-state index contributed by atoms with van der Waals surface area (Å²) in [6, 6.07) is 8.15. The lowest BCUT2D eigenvalue weighted by Crippen LogP contribution is -2.26. The van der Waals surface area contributed by atoms with Gasteiger partial charge in [-0.05, 0) is 43.0 Å². The van der Waals surface area contributed by atoms with Gasteiger partial charge in [-0.15, -0.1) is 0 Å². The van der Waals surface area contributed by atoms with Gasteiger partial charge >= 0.3 is 0 Å². The van der Waals surface area contributed by atoms with Gasteiger partial charge in [0, 0.05) is 18.2 Å². The fraction of sp³-hybridized carbons (Fsp3) is 0.533. The maximum Gasteiger partial charge on any atom is 0.123 e. The molecular formula is C15H22N2OS. The largest absolute Gasteiger partial charge is 0.496 e. The molecule has 19 heavy (non-hydrogen) atoms. The zero-order chi connectivity index (χ0) is 14.1. The predicted octanol–water partition coefficient (Wildman–Crippen LogP) is 3.19. The van der Waals surface area contributed by atoms with Crippen molar-refractivity contribution in [3.8, 4) is 11.8 Å². The Morgan fingerprint density at radius 1 is 1.47 bits per heavy atom. The number of rotatable bonds is 8. The summed E-state index contributed by atoms with van der Waals surface area (Å²) >= 11 is 1.96. The Morgan fingerprint density at radius 3 is 2.89 bits per heavy atom. The van der Waals surface area contributed by atoms with E-state index in [9.17, 15) is 0 Å². The highest BCUT2D eigenvalue weighted by Gasteiger charge is 2.07. The van der Waals surface area contributed by atoms with Gasteiger partial charge in [0.1, 0.15) is 5.75 Å². The fourth-order valence-corrected chi connectivity index (χ4v) is 2.59. The molecule has 104 valence electrons. The molecule has 1 aromatic rings. The Balaban J connectivity index is 2.54. The lowest BCUT2D eigenvalue weighted by molar-refractivity contribution is 0.405. The second-order valence-electron chi connectivity index (χ2n) is 4.41. The average Bonchev–Trinajstić information content (AvgIpc) is 2.45. The van der Waals surface area contributed by atoms with Gasteiger partial charge in [-0.2, -0.15) is 17.0 Å². The van der Waals surface area contributed by atoms with Crippen LogP contribution < -0.4 is 10.1 Å². The zero-order valence-electron chi connectivity index (χ0n) is 11.9. The smallest absolute Gasteiger partial charge is 0.123 e. The van der Waals surface area contributed by atoms with E-state index >= 15 is 0 Å². The summed E-state index contributed by atoms with van der Waals surface area (Å²) < 4.78 is 5.32. The minimum atomic E-state index is 0.467. The van der Waals surface area contributed by atoms with E-state index in [1.54, 1.807) is 13.2 Å². The first kappa shape index (κ1) is 15.9. The van der Waals surface area contributed by atoms with Crippen LogP contribution >= 0.6 is 11.8 Å². The summed E-state index contributed by atoms with van der Waals surface area (Å²) in [5.41, 5.74) is 1.71. The van der Waals surface area contributed by atoms with Crippen LogP contribution in [0.25, 0.3) is 0 Å². The van der Waals surface area contributed by atoms with Gasteiger partial charge in [0.05, 0.1) is 18.7 Å². The van der Waals surface area contributed by atoms with Crippen LogP contribution in [0.5, 0.6) is 5.75 Å². The molecule has 4 heteroatoms. The van der Waals surface area contributed by atoms with Crippen LogP contribution in [0.2, 0.25) is 0 Å². The monoisotopic (exact) mass is 278 g/mol. The van der Waals surface area contributed by atoms with E-state index < -0.39 is 0 Å². The number of thioether (sulfide) groups is 1. The number of hydrogen-bond acceptors (Lipinski definition) is 4. The number of benzene rings is 1. The Bertz CT molecular complexity index is 429. The van der Waals surface area contributed by atoms with Gasteiger partial charge in [-0.3, -0.25) is 0 Å². The van der Waals surface area contributed by atoms with Crippen molar-refractivity contribution in [1.29, 1.82) is 5.26 Å². The molecule has 0 bridgehead atoms. The van der Waals surface area contributed by atoms with Crippen molar-refractivity contribution in [2.45, 2.75) is 32.9 Å². The Kier molecular flexibility index (Phi) is 7.39. The van der Waals surface area contributed by atoms with Crippen LogP contribution in [0, 0.1) is 11.3 Å². The standard InChI is InChI=1S/C15H22N2OS/c1-4-19-8-7-12(2)17-11-14-9-13(10-16)5-6-15(14)18-3/h5-6,9,12,17H,4,7-8,11H2,1-3H3. The van der Waals surface area contributed by atoms with Gasteiger partial charge < -0.3 is 10.1 Å². The molecule has 1 rings (SSSR count). The number of hydrogen-bond donors (Lipinski definition) is 1. The lowest BCUT2D eigenvalue weighted by atomic mass is 10.1. The number of ether oxygens (including phenoxy) is 1. The van der Waals surface area contributed by atoms with Crippen molar-refractivity contribution in [1.82, 2.24) is 5.32 Å². The highest BCUT2D eigenvalue weighted by molar-refractivity contribution is 7.99. The van der Waals surface area contributed by atoms with Crippen molar-refractivity contribution in [2.75, 3.05) is 18.6 Å². The highest BCUT2D eigenvalue weighted by Crippen LogP contribution is 2.19. The summed E-state index contributed by atoms with van der Waals surface area (Å²) in [4.78, 5) is 0. The molecular weight excluding hydrogens is 256 g/mol. The third kappa shape index (κ3) is 5.54.